The van der Waals surface area contributed by atoms with Gasteiger partial charge in [-0.05, 0) is 72.6 Å². The first-order valence-corrected chi connectivity index (χ1v) is 13.5. The molecule has 0 spiro atoms. The molecular formula is C34H42O4. The molecule has 1 atom stereocenters. The van der Waals surface area contributed by atoms with E-state index in [0.717, 1.165) is 48.3 Å². The van der Waals surface area contributed by atoms with Crippen LogP contribution in [0.3, 0.4) is 0 Å². The van der Waals surface area contributed by atoms with Crippen molar-refractivity contribution < 1.29 is 18.9 Å². The van der Waals surface area contributed by atoms with Crippen LogP contribution in [0.1, 0.15) is 42.9 Å². The SMILES string of the molecule is COc1ccc(COCC/C=C(\CCOCc2ccc(OC)cc2)C(C)/C=C/CCc2ccccc2)cc1. The molecule has 0 fully saturated rings. The van der Waals surface area contributed by atoms with E-state index < -0.39 is 0 Å². The Balaban J connectivity index is 1.48. The molecule has 4 heteroatoms. The van der Waals surface area contributed by atoms with Crippen LogP contribution in [-0.4, -0.2) is 27.4 Å². The van der Waals surface area contributed by atoms with Gasteiger partial charge in [-0.2, -0.15) is 0 Å². The van der Waals surface area contributed by atoms with Crippen LogP contribution in [0.15, 0.2) is 103 Å². The second-order valence-corrected chi connectivity index (χ2v) is 9.36. The van der Waals surface area contributed by atoms with Crippen LogP contribution in [0.25, 0.3) is 0 Å². The molecule has 202 valence electrons. The van der Waals surface area contributed by atoms with Crippen LogP contribution in [0.4, 0.5) is 0 Å². The summed E-state index contributed by atoms with van der Waals surface area (Å²) >= 11 is 0. The van der Waals surface area contributed by atoms with Gasteiger partial charge in [-0.1, -0.05) is 85.3 Å². The van der Waals surface area contributed by atoms with E-state index in [1.54, 1.807) is 14.2 Å². The molecule has 3 aromatic carbocycles. The zero-order valence-electron chi connectivity index (χ0n) is 23.1. The van der Waals surface area contributed by atoms with Crippen molar-refractivity contribution in [2.75, 3.05) is 27.4 Å². The van der Waals surface area contributed by atoms with E-state index in [1.165, 1.54) is 11.1 Å². The number of benzene rings is 3. The molecular weight excluding hydrogens is 472 g/mol. The highest BCUT2D eigenvalue weighted by Gasteiger charge is 2.06. The Labute approximate surface area is 228 Å². The summed E-state index contributed by atoms with van der Waals surface area (Å²) in [5.41, 5.74) is 5.07. The molecule has 0 aliphatic rings. The number of ether oxygens (including phenoxy) is 4. The van der Waals surface area contributed by atoms with Crippen molar-refractivity contribution in [1.82, 2.24) is 0 Å². The number of methoxy groups -OCH3 is 2. The van der Waals surface area contributed by atoms with Crippen molar-refractivity contribution in [3.05, 3.63) is 119 Å². The van der Waals surface area contributed by atoms with E-state index in [4.69, 9.17) is 18.9 Å². The smallest absolute Gasteiger partial charge is 0.118 e. The maximum Gasteiger partial charge on any atom is 0.118 e. The van der Waals surface area contributed by atoms with E-state index in [-0.39, 0.29) is 0 Å². The third-order valence-corrected chi connectivity index (χ3v) is 6.51. The summed E-state index contributed by atoms with van der Waals surface area (Å²) in [5.74, 6) is 2.08. The first kappa shape index (κ1) is 29.2. The molecule has 3 aromatic rings. The average Bonchev–Trinajstić information content (AvgIpc) is 2.97. The van der Waals surface area contributed by atoms with Crippen LogP contribution in [-0.2, 0) is 29.1 Å². The lowest BCUT2D eigenvalue weighted by molar-refractivity contribution is 0.121. The third kappa shape index (κ3) is 11.0. The minimum Gasteiger partial charge on any atom is -0.497 e. The van der Waals surface area contributed by atoms with Gasteiger partial charge in [-0.3, -0.25) is 0 Å². The van der Waals surface area contributed by atoms with Gasteiger partial charge in [0.05, 0.1) is 40.6 Å². The number of rotatable bonds is 17. The van der Waals surface area contributed by atoms with Gasteiger partial charge in [0.15, 0.2) is 0 Å². The minimum atomic E-state index is 0.358. The zero-order chi connectivity index (χ0) is 26.8. The van der Waals surface area contributed by atoms with E-state index in [0.29, 0.717) is 32.3 Å². The Hall–Kier alpha value is -3.34. The van der Waals surface area contributed by atoms with Gasteiger partial charge in [-0.25, -0.2) is 0 Å². The van der Waals surface area contributed by atoms with Crippen LogP contribution < -0.4 is 9.47 Å². The molecule has 1 unspecified atom stereocenters. The largest absolute Gasteiger partial charge is 0.497 e. The van der Waals surface area contributed by atoms with Crippen molar-refractivity contribution >= 4 is 0 Å². The van der Waals surface area contributed by atoms with Gasteiger partial charge in [0.2, 0.25) is 0 Å². The molecule has 0 saturated carbocycles. The summed E-state index contributed by atoms with van der Waals surface area (Å²) in [6.07, 6.45) is 10.9. The first-order valence-electron chi connectivity index (χ1n) is 13.5. The second-order valence-electron chi connectivity index (χ2n) is 9.36. The van der Waals surface area contributed by atoms with E-state index >= 15 is 0 Å². The summed E-state index contributed by atoms with van der Waals surface area (Å²) in [5, 5.41) is 0. The summed E-state index contributed by atoms with van der Waals surface area (Å²) in [6.45, 7) is 4.85. The molecule has 3 rings (SSSR count). The van der Waals surface area contributed by atoms with Crippen LogP contribution in [0.2, 0.25) is 0 Å². The predicted molar refractivity (Wildman–Crippen MR) is 156 cm³/mol. The molecule has 0 amide bonds. The van der Waals surface area contributed by atoms with Gasteiger partial charge in [0.25, 0.3) is 0 Å². The number of allylic oxidation sites excluding steroid dienone is 2. The highest BCUT2D eigenvalue weighted by molar-refractivity contribution is 5.27. The molecule has 0 radical (unpaired) electrons. The monoisotopic (exact) mass is 514 g/mol. The molecule has 0 heterocycles. The van der Waals surface area contributed by atoms with E-state index in [1.807, 2.05) is 48.5 Å². The number of hydrogen-bond donors (Lipinski definition) is 0. The van der Waals surface area contributed by atoms with Crippen molar-refractivity contribution in [1.29, 1.82) is 0 Å². The van der Waals surface area contributed by atoms with Crippen LogP contribution in [0, 0.1) is 5.92 Å². The van der Waals surface area contributed by atoms with Crippen molar-refractivity contribution in [2.24, 2.45) is 5.92 Å². The normalized spacial score (nSPS) is 12.6. The lowest BCUT2D eigenvalue weighted by atomic mass is 9.96. The van der Waals surface area contributed by atoms with Crippen molar-refractivity contribution in [3.63, 3.8) is 0 Å². The predicted octanol–water partition coefficient (Wildman–Crippen LogP) is 7.97. The molecule has 4 nitrogen and oxygen atoms in total. The zero-order valence-corrected chi connectivity index (χ0v) is 23.1. The molecule has 0 aliphatic heterocycles. The number of hydrogen-bond acceptors (Lipinski definition) is 4. The lowest BCUT2D eigenvalue weighted by Crippen LogP contribution is -2.04. The maximum absolute atomic E-state index is 6.01. The molecule has 0 aromatic heterocycles. The highest BCUT2D eigenvalue weighted by atomic mass is 16.5. The van der Waals surface area contributed by atoms with Crippen molar-refractivity contribution in [3.8, 4) is 11.5 Å². The summed E-state index contributed by atoms with van der Waals surface area (Å²) in [4.78, 5) is 0. The van der Waals surface area contributed by atoms with Gasteiger partial charge >= 0.3 is 0 Å². The summed E-state index contributed by atoms with van der Waals surface area (Å²) < 4.78 is 22.4. The Morgan fingerprint density at radius 3 is 1.84 bits per heavy atom. The topological polar surface area (TPSA) is 36.9 Å². The lowest BCUT2D eigenvalue weighted by Gasteiger charge is -2.14. The van der Waals surface area contributed by atoms with Crippen LogP contribution >= 0.6 is 0 Å². The second kappa shape index (κ2) is 17.2. The Morgan fingerprint density at radius 1 is 0.684 bits per heavy atom. The van der Waals surface area contributed by atoms with Gasteiger partial charge in [-0.15, -0.1) is 0 Å². The highest BCUT2D eigenvalue weighted by Crippen LogP contribution is 2.19. The van der Waals surface area contributed by atoms with Crippen molar-refractivity contribution in [2.45, 2.75) is 45.8 Å². The summed E-state index contributed by atoms with van der Waals surface area (Å²) in [7, 11) is 3.36. The molecule has 0 bridgehead atoms. The fourth-order valence-electron chi connectivity index (χ4n) is 4.18. The fraction of sp³-hybridized carbons (Fsp3) is 0.353. The minimum absolute atomic E-state index is 0.358. The molecule has 0 N–H and O–H groups in total. The Bertz CT molecular complexity index is 1090. The Morgan fingerprint density at radius 2 is 1.26 bits per heavy atom. The average molecular weight is 515 g/mol. The van der Waals surface area contributed by atoms with E-state index in [2.05, 4.69) is 55.5 Å². The quantitative estimate of drug-likeness (QED) is 0.135. The Kier molecular flexibility index (Phi) is 13.2. The van der Waals surface area contributed by atoms with Crippen LogP contribution in [0.5, 0.6) is 11.5 Å². The summed E-state index contributed by atoms with van der Waals surface area (Å²) in [6, 6.07) is 26.7. The van der Waals surface area contributed by atoms with E-state index in [9.17, 15) is 0 Å². The fourth-order valence-corrected chi connectivity index (χ4v) is 4.18. The van der Waals surface area contributed by atoms with Gasteiger partial charge in [0.1, 0.15) is 11.5 Å². The standard InChI is InChI=1S/C34H42O4/c1-28(10-7-8-13-29-11-5-4-6-12-29)32(23-25-38-27-31-17-21-34(36-3)22-18-31)14-9-24-37-26-30-15-19-33(35-2)20-16-30/h4-7,10-12,14-22,28H,8-9,13,23-27H2,1-3H3/b10-7+,32-14+. The molecule has 38 heavy (non-hydrogen) atoms. The maximum atomic E-state index is 6.01. The van der Waals surface area contributed by atoms with Gasteiger partial charge < -0.3 is 18.9 Å². The van der Waals surface area contributed by atoms with Gasteiger partial charge in [0, 0.05) is 0 Å². The number of aryl methyl sites for hydroxylation is 1. The third-order valence-electron chi connectivity index (χ3n) is 6.51. The molecule has 0 aliphatic carbocycles. The first-order chi connectivity index (χ1) is 18.7. The molecule has 0 saturated heterocycles.